The molecule has 0 fully saturated rings. The van der Waals surface area contributed by atoms with E-state index in [1.165, 1.54) is 0 Å². The number of amides is 1. The molecule has 3 N–H and O–H groups in total. The lowest BCUT2D eigenvalue weighted by atomic mass is 9.81. The van der Waals surface area contributed by atoms with E-state index < -0.39 is 5.41 Å². The first-order valence-electron chi connectivity index (χ1n) is 5.96. The second-order valence-electron chi connectivity index (χ2n) is 5.05. The van der Waals surface area contributed by atoms with Gasteiger partial charge in [-0.05, 0) is 38.8 Å². The Bertz CT molecular complexity index is 405. The highest BCUT2D eigenvalue weighted by Gasteiger charge is 2.31. The van der Waals surface area contributed by atoms with Gasteiger partial charge in [0.25, 0.3) is 0 Å². The van der Waals surface area contributed by atoms with Crippen molar-refractivity contribution in [3.8, 4) is 0 Å². The number of hydrogen-bond acceptors (Lipinski definition) is 2. The van der Waals surface area contributed by atoms with Crippen LogP contribution in [0.4, 0.5) is 0 Å². The van der Waals surface area contributed by atoms with Crippen LogP contribution in [0.25, 0.3) is 0 Å². The molecule has 0 unspecified atom stereocenters. The van der Waals surface area contributed by atoms with Gasteiger partial charge in [0.15, 0.2) is 0 Å². The van der Waals surface area contributed by atoms with E-state index in [2.05, 4.69) is 5.32 Å². The summed E-state index contributed by atoms with van der Waals surface area (Å²) in [5.74, 6) is 0.0183. The molecule has 0 aliphatic carbocycles. The van der Waals surface area contributed by atoms with Crippen LogP contribution in [-0.4, -0.2) is 18.5 Å². The van der Waals surface area contributed by atoms with Crippen LogP contribution in [0.3, 0.4) is 0 Å². The van der Waals surface area contributed by atoms with Crippen molar-refractivity contribution >= 4 is 18.3 Å². The normalized spacial score (nSPS) is 12.5. The Morgan fingerprint density at radius 1 is 1.39 bits per heavy atom. The third-order valence-corrected chi connectivity index (χ3v) is 3.12. The van der Waals surface area contributed by atoms with Crippen molar-refractivity contribution in [3.05, 3.63) is 35.4 Å². The molecule has 0 heterocycles. The van der Waals surface area contributed by atoms with E-state index in [1.54, 1.807) is 0 Å². The first kappa shape index (κ1) is 16.9. The van der Waals surface area contributed by atoms with Crippen molar-refractivity contribution in [1.82, 2.24) is 5.32 Å². The van der Waals surface area contributed by atoms with Crippen LogP contribution in [0.5, 0.6) is 0 Å². The van der Waals surface area contributed by atoms with E-state index in [1.807, 2.05) is 52.0 Å². The van der Waals surface area contributed by atoms with E-state index >= 15 is 0 Å². The lowest BCUT2D eigenvalue weighted by molar-refractivity contribution is -0.126. The Morgan fingerprint density at radius 2 is 1.94 bits per heavy atom. The maximum Gasteiger partial charge on any atom is 0.230 e. The Morgan fingerprint density at radius 3 is 2.44 bits per heavy atom. The quantitative estimate of drug-likeness (QED) is 0.881. The highest BCUT2D eigenvalue weighted by molar-refractivity contribution is 5.87. The van der Waals surface area contributed by atoms with Crippen LogP contribution in [0.1, 0.15) is 31.9 Å². The van der Waals surface area contributed by atoms with Crippen LogP contribution in [-0.2, 0) is 10.2 Å². The molecule has 1 rings (SSSR count). The zero-order valence-electron chi connectivity index (χ0n) is 11.5. The van der Waals surface area contributed by atoms with Gasteiger partial charge in [-0.25, -0.2) is 0 Å². The molecule has 1 amide bonds. The third-order valence-electron chi connectivity index (χ3n) is 3.12. The van der Waals surface area contributed by atoms with Gasteiger partial charge in [0.2, 0.25) is 5.91 Å². The first-order valence-corrected chi connectivity index (χ1v) is 5.96. The lowest BCUT2D eigenvalue weighted by Crippen LogP contribution is -2.46. The summed E-state index contributed by atoms with van der Waals surface area (Å²) in [6.07, 6.45) is 0. The summed E-state index contributed by atoms with van der Waals surface area (Å²) in [7, 11) is 0. The number of halogens is 1. The molecular formula is C14H23ClN2O. The molecule has 1 aromatic carbocycles. The average Bonchev–Trinajstić information content (AvgIpc) is 2.29. The third kappa shape index (κ3) is 3.72. The number of rotatable bonds is 4. The SMILES string of the molecule is Cc1ccccc1C(C)(C)C(=O)N[C@@H](C)CN.Cl. The number of aryl methyl sites for hydroxylation is 1. The van der Waals surface area contributed by atoms with Crippen molar-refractivity contribution in [2.24, 2.45) is 5.73 Å². The number of nitrogens with one attached hydrogen (secondary N) is 1. The predicted molar refractivity (Wildman–Crippen MR) is 78.1 cm³/mol. The molecule has 0 aliphatic heterocycles. The number of nitrogens with two attached hydrogens (primary N) is 1. The second kappa shape index (κ2) is 6.76. The fourth-order valence-corrected chi connectivity index (χ4v) is 1.86. The summed E-state index contributed by atoms with van der Waals surface area (Å²) in [5, 5.41) is 2.93. The summed E-state index contributed by atoms with van der Waals surface area (Å²) < 4.78 is 0. The van der Waals surface area contributed by atoms with Crippen LogP contribution in [0.15, 0.2) is 24.3 Å². The average molecular weight is 271 g/mol. The minimum Gasteiger partial charge on any atom is -0.352 e. The summed E-state index contributed by atoms with van der Waals surface area (Å²) >= 11 is 0. The zero-order valence-corrected chi connectivity index (χ0v) is 12.3. The predicted octanol–water partition coefficient (Wildman–Crippen LogP) is 2.16. The van der Waals surface area contributed by atoms with E-state index in [-0.39, 0.29) is 24.4 Å². The summed E-state index contributed by atoms with van der Waals surface area (Å²) in [6.45, 7) is 8.26. The number of carbonyl (C=O) groups is 1. The van der Waals surface area contributed by atoms with E-state index in [0.717, 1.165) is 11.1 Å². The maximum atomic E-state index is 12.2. The number of carbonyl (C=O) groups excluding carboxylic acids is 1. The summed E-state index contributed by atoms with van der Waals surface area (Å²) in [6, 6.07) is 7.98. The molecule has 4 heteroatoms. The molecule has 1 atom stereocenters. The van der Waals surface area contributed by atoms with Crippen LogP contribution >= 0.6 is 12.4 Å². The van der Waals surface area contributed by atoms with Crippen molar-refractivity contribution in [1.29, 1.82) is 0 Å². The summed E-state index contributed by atoms with van der Waals surface area (Å²) in [5.41, 5.74) is 7.17. The Kier molecular flexibility index (Phi) is 6.36. The molecule has 0 aromatic heterocycles. The molecule has 0 saturated heterocycles. The fourth-order valence-electron chi connectivity index (χ4n) is 1.86. The monoisotopic (exact) mass is 270 g/mol. The van der Waals surface area contributed by atoms with E-state index in [0.29, 0.717) is 6.54 Å². The molecule has 0 spiro atoms. The topological polar surface area (TPSA) is 55.1 Å². The largest absolute Gasteiger partial charge is 0.352 e. The fraction of sp³-hybridized carbons (Fsp3) is 0.500. The summed E-state index contributed by atoms with van der Waals surface area (Å²) in [4.78, 5) is 12.2. The molecule has 0 radical (unpaired) electrons. The molecule has 0 aliphatic rings. The van der Waals surface area contributed by atoms with Crippen molar-refractivity contribution < 1.29 is 4.79 Å². The Hall–Kier alpha value is -1.06. The van der Waals surface area contributed by atoms with Crippen molar-refractivity contribution in [3.63, 3.8) is 0 Å². The van der Waals surface area contributed by atoms with Crippen molar-refractivity contribution in [2.45, 2.75) is 39.2 Å². The molecule has 3 nitrogen and oxygen atoms in total. The van der Waals surface area contributed by atoms with Crippen LogP contribution < -0.4 is 11.1 Å². The highest BCUT2D eigenvalue weighted by Crippen LogP contribution is 2.26. The van der Waals surface area contributed by atoms with Crippen LogP contribution in [0.2, 0.25) is 0 Å². The highest BCUT2D eigenvalue weighted by atomic mass is 35.5. The molecule has 18 heavy (non-hydrogen) atoms. The van der Waals surface area contributed by atoms with Gasteiger partial charge >= 0.3 is 0 Å². The maximum absolute atomic E-state index is 12.2. The standard InChI is InChI=1S/C14H22N2O.ClH/c1-10-7-5-6-8-12(10)14(3,4)13(17)16-11(2)9-15;/h5-8,11H,9,15H2,1-4H3,(H,16,17);1H/t11-;/m0./s1. The minimum absolute atomic E-state index is 0. The van der Waals surface area contributed by atoms with Gasteiger partial charge in [-0.2, -0.15) is 0 Å². The van der Waals surface area contributed by atoms with Gasteiger partial charge in [-0.1, -0.05) is 24.3 Å². The smallest absolute Gasteiger partial charge is 0.230 e. The van der Waals surface area contributed by atoms with Gasteiger partial charge in [0.1, 0.15) is 0 Å². The van der Waals surface area contributed by atoms with Gasteiger partial charge in [0, 0.05) is 12.6 Å². The number of benzene rings is 1. The second-order valence-corrected chi connectivity index (χ2v) is 5.05. The van der Waals surface area contributed by atoms with E-state index in [9.17, 15) is 4.79 Å². The zero-order chi connectivity index (χ0) is 13.1. The lowest BCUT2D eigenvalue weighted by Gasteiger charge is -2.27. The Balaban J connectivity index is 0.00000289. The van der Waals surface area contributed by atoms with Gasteiger partial charge in [-0.15, -0.1) is 12.4 Å². The van der Waals surface area contributed by atoms with Crippen LogP contribution in [0, 0.1) is 6.92 Å². The Labute approximate surface area is 116 Å². The molecule has 0 bridgehead atoms. The molecular weight excluding hydrogens is 248 g/mol. The van der Waals surface area contributed by atoms with Crippen molar-refractivity contribution in [2.75, 3.05) is 6.54 Å². The van der Waals surface area contributed by atoms with Gasteiger partial charge in [0.05, 0.1) is 5.41 Å². The molecule has 1 aromatic rings. The minimum atomic E-state index is -0.533. The first-order chi connectivity index (χ1) is 7.89. The molecule has 102 valence electrons. The van der Waals surface area contributed by atoms with Gasteiger partial charge in [-0.3, -0.25) is 4.79 Å². The number of hydrogen-bond donors (Lipinski definition) is 2. The van der Waals surface area contributed by atoms with Gasteiger partial charge < -0.3 is 11.1 Å². The van der Waals surface area contributed by atoms with E-state index in [4.69, 9.17) is 5.73 Å². The molecule has 0 saturated carbocycles.